The number of benzene rings is 3. The van der Waals surface area contributed by atoms with Crippen LogP contribution in [0.15, 0.2) is 70.3 Å². The van der Waals surface area contributed by atoms with Crippen molar-refractivity contribution in [1.82, 2.24) is 9.55 Å². The average Bonchev–Trinajstić information content (AvgIpc) is 2.82. The lowest BCUT2D eigenvalue weighted by Gasteiger charge is -2.12. The second kappa shape index (κ2) is 8.85. The molecule has 33 heavy (non-hydrogen) atoms. The van der Waals surface area contributed by atoms with Gasteiger partial charge in [-0.05, 0) is 80.1 Å². The second-order valence-corrected chi connectivity index (χ2v) is 7.40. The standard InChI is InChI=1S/C25H20N4O4/c1-3-29-22-11-6-17(13-21(22)28-24(31)25(29)32)23(30)27-20-10-9-19(12-15(20)2)33-18-7-4-16(14-26)5-8-18/h4-13H,3H2,1-2H3,(H,27,30)(H,28,31). The van der Waals surface area contributed by atoms with Gasteiger partial charge >= 0.3 is 11.1 Å². The van der Waals surface area contributed by atoms with Gasteiger partial charge in [0.2, 0.25) is 0 Å². The molecule has 8 nitrogen and oxygen atoms in total. The van der Waals surface area contributed by atoms with Crippen molar-refractivity contribution in [2.24, 2.45) is 0 Å². The quantitative estimate of drug-likeness (QED) is 0.456. The van der Waals surface area contributed by atoms with Crippen molar-refractivity contribution in [1.29, 1.82) is 5.26 Å². The lowest BCUT2D eigenvalue weighted by Crippen LogP contribution is -2.36. The molecule has 0 spiro atoms. The van der Waals surface area contributed by atoms with Crippen molar-refractivity contribution in [3.63, 3.8) is 0 Å². The van der Waals surface area contributed by atoms with Gasteiger partial charge in [0.15, 0.2) is 0 Å². The Labute approximate surface area is 188 Å². The number of carbonyl (C=O) groups excluding carboxylic acids is 1. The van der Waals surface area contributed by atoms with Gasteiger partial charge in [0, 0.05) is 17.8 Å². The van der Waals surface area contributed by atoms with Crippen LogP contribution in [0.1, 0.15) is 28.4 Å². The molecule has 1 heterocycles. The topological polar surface area (TPSA) is 117 Å². The highest BCUT2D eigenvalue weighted by Crippen LogP contribution is 2.27. The minimum Gasteiger partial charge on any atom is -0.457 e. The van der Waals surface area contributed by atoms with Crippen molar-refractivity contribution >= 4 is 22.6 Å². The van der Waals surface area contributed by atoms with E-state index in [-0.39, 0.29) is 5.91 Å². The van der Waals surface area contributed by atoms with Crippen molar-refractivity contribution in [3.05, 3.63) is 98.1 Å². The number of nitrogens with zero attached hydrogens (tertiary/aromatic N) is 2. The highest BCUT2D eigenvalue weighted by Gasteiger charge is 2.12. The zero-order valence-electron chi connectivity index (χ0n) is 18.0. The highest BCUT2D eigenvalue weighted by molar-refractivity contribution is 6.06. The highest BCUT2D eigenvalue weighted by atomic mass is 16.5. The lowest BCUT2D eigenvalue weighted by atomic mass is 10.1. The molecule has 3 aromatic carbocycles. The van der Waals surface area contributed by atoms with Gasteiger partial charge in [0.05, 0.1) is 22.7 Å². The molecule has 0 aliphatic rings. The summed E-state index contributed by atoms with van der Waals surface area (Å²) in [5.41, 5.74) is 1.92. The molecule has 164 valence electrons. The van der Waals surface area contributed by atoms with E-state index in [1.807, 2.05) is 6.92 Å². The van der Waals surface area contributed by atoms with Crippen LogP contribution < -0.4 is 21.2 Å². The van der Waals surface area contributed by atoms with Crippen molar-refractivity contribution in [2.45, 2.75) is 20.4 Å². The van der Waals surface area contributed by atoms with Crippen LogP contribution >= 0.6 is 0 Å². The van der Waals surface area contributed by atoms with E-state index in [2.05, 4.69) is 16.4 Å². The number of aromatic amines is 1. The van der Waals surface area contributed by atoms with Crippen LogP contribution in [0.5, 0.6) is 11.5 Å². The number of hydrogen-bond donors (Lipinski definition) is 2. The molecule has 0 radical (unpaired) electrons. The molecular formula is C25H20N4O4. The number of fused-ring (bicyclic) bond motifs is 1. The van der Waals surface area contributed by atoms with E-state index in [0.29, 0.717) is 45.9 Å². The summed E-state index contributed by atoms with van der Waals surface area (Å²) in [6.07, 6.45) is 0. The van der Waals surface area contributed by atoms with E-state index in [1.54, 1.807) is 67.6 Å². The first-order valence-electron chi connectivity index (χ1n) is 10.3. The Hall–Kier alpha value is -4.64. The fourth-order valence-electron chi connectivity index (χ4n) is 3.50. The molecule has 8 heteroatoms. The molecule has 1 aromatic heterocycles. The van der Waals surface area contributed by atoms with E-state index < -0.39 is 11.1 Å². The molecule has 0 aliphatic heterocycles. The first kappa shape index (κ1) is 21.6. The molecule has 4 aromatic rings. The maximum absolute atomic E-state index is 12.8. The van der Waals surface area contributed by atoms with E-state index >= 15 is 0 Å². The van der Waals surface area contributed by atoms with Crippen LogP contribution in [0.25, 0.3) is 11.0 Å². The predicted molar refractivity (Wildman–Crippen MR) is 125 cm³/mol. The lowest BCUT2D eigenvalue weighted by molar-refractivity contribution is 0.102. The van der Waals surface area contributed by atoms with Crippen molar-refractivity contribution < 1.29 is 9.53 Å². The molecule has 0 saturated heterocycles. The number of ether oxygens (including phenoxy) is 1. The number of aryl methyl sites for hydroxylation is 2. The number of hydrogen-bond acceptors (Lipinski definition) is 5. The minimum absolute atomic E-state index is 0.344. The van der Waals surface area contributed by atoms with Gasteiger partial charge in [-0.15, -0.1) is 0 Å². The van der Waals surface area contributed by atoms with Crippen LogP contribution in [-0.4, -0.2) is 15.5 Å². The Morgan fingerprint density at radius 1 is 1.06 bits per heavy atom. The fourth-order valence-corrected chi connectivity index (χ4v) is 3.50. The van der Waals surface area contributed by atoms with Crippen LogP contribution in [0.2, 0.25) is 0 Å². The van der Waals surface area contributed by atoms with Crippen LogP contribution in [0.4, 0.5) is 5.69 Å². The molecular weight excluding hydrogens is 420 g/mol. The molecule has 2 N–H and O–H groups in total. The largest absolute Gasteiger partial charge is 0.457 e. The number of amides is 1. The maximum Gasteiger partial charge on any atom is 0.316 e. The number of aromatic nitrogens is 2. The minimum atomic E-state index is -0.726. The SMILES string of the molecule is CCn1c(=O)c(=O)[nH]c2cc(C(=O)Nc3ccc(Oc4ccc(C#N)cc4)cc3C)ccc21. The summed E-state index contributed by atoms with van der Waals surface area (Å²) in [6.45, 7) is 3.97. The molecule has 0 atom stereocenters. The van der Waals surface area contributed by atoms with E-state index in [1.165, 1.54) is 4.57 Å². The summed E-state index contributed by atoms with van der Waals surface area (Å²) in [5.74, 6) is 0.841. The van der Waals surface area contributed by atoms with Gasteiger partial charge < -0.3 is 19.6 Å². The molecule has 0 unspecified atom stereocenters. The smallest absolute Gasteiger partial charge is 0.316 e. The van der Waals surface area contributed by atoms with Gasteiger partial charge in [-0.25, -0.2) is 0 Å². The van der Waals surface area contributed by atoms with Crippen LogP contribution in [0, 0.1) is 18.3 Å². The first-order chi connectivity index (χ1) is 15.9. The summed E-state index contributed by atoms with van der Waals surface area (Å²) in [5, 5.41) is 11.7. The van der Waals surface area contributed by atoms with Crippen LogP contribution in [-0.2, 0) is 6.54 Å². The summed E-state index contributed by atoms with van der Waals surface area (Å²) >= 11 is 0. The van der Waals surface area contributed by atoms with Crippen LogP contribution in [0.3, 0.4) is 0 Å². The summed E-state index contributed by atoms with van der Waals surface area (Å²) in [7, 11) is 0. The third-order valence-electron chi connectivity index (χ3n) is 5.22. The number of carbonyl (C=O) groups is 1. The Morgan fingerprint density at radius 2 is 1.79 bits per heavy atom. The normalized spacial score (nSPS) is 10.6. The fraction of sp³-hybridized carbons (Fsp3) is 0.120. The predicted octanol–water partition coefficient (Wildman–Crippen LogP) is 3.93. The summed E-state index contributed by atoms with van der Waals surface area (Å²) < 4.78 is 7.18. The molecule has 0 bridgehead atoms. The summed E-state index contributed by atoms with van der Waals surface area (Å²) in [6, 6.07) is 18.9. The van der Waals surface area contributed by atoms with Crippen molar-refractivity contribution in [2.75, 3.05) is 5.32 Å². The maximum atomic E-state index is 12.8. The summed E-state index contributed by atoms with van der Waals surface area (Å²) in [4.78, 5) is 39.3. The second-order valence-electron chi connectivity index (χ2n) is 7.40. The third-order valence-corrected chi connectivity index (χ3v) is 5.22. The van der Waals surface area contributed by atoms with Gasteiger partial charge in [-0.1, -0.05) is 0 Å². The Morgan fingerprint density at radius 3 is 2.45 bits per heavy atom. The first-order valence-corrected chi connectivity index (χ1v) is 10.3. The Bertz CT molecular complexity index is 1530. The number of H-pyrrole nitrogens is 1. The number of rotatable bonds is 5. The van der Waals surface area contributed by atoms with E-state index in [4.69, 9.17) is 10.00 Å². The monoisotopic (exact) mass is 440 g/mol. The number of nitrogens with one attached hydrogen (secondary N) is 2. The molecule has 0 fully saturated rings. The van der Waals surface area contributed by atoms with Crippen molar-refractivity contribution in [3.8, 4) is 17.6 Å². The van der Waals surface area contributed by atoms with E-state index in [9.17, 15) is 14.4 Å². The van der Waals surface area contributed by atoms with Gasteiger partial charge in [0.25, 0.3) is 5.91 Å². The molecule has 0 saturated carbocycles. The zero-order chi connectivity index (χ0) is 23.5. The molecule has 1 amide bonds. The molecule has 0 aliphatic carbocycles. The zero-order valence-corrected chi connectivity index (χ0v) is 18.0. The van der Waals surface area contributed by atoms with Gasteiger partial charge in [-0.3, -0.25) is 14.4 Å². The third kappa shape index (κ3) is 4.38. The molecule has 4 rings (SSSR count). The number of anilines is 1. The Kier molecular flexibility index (Phi) is 5.79. The Balaban J connectivity index is 1.55. The van der Waals surface area contributed by atoms with Gasteiger partial charge in [-0.2, -0.15) is 5.26 Å². The van der Waals surface area contributed by atoms with E-state index in [0.717, 1.165) is 5.56 Å². The number of nitriles is 1. The average molecular weight is 440 g/mol. The van der Waals surface area contributed by atoms with Gasteiger partial charge in [0.1, 0.15) is 11.5 Å².